The summed E-state index contributed by atoms with van der Waals surface area (Å²) in [6, 6.07) is 9.54. The molecule has 0 amide bonds. The van der Waals surface area contributed by atoms with Crippen molar-refractivity contribution in [1.29, 1.82) is 0 Å². The summed E-state index contributed by atoms with van der Waals surface area (Å²) < 4.78 is 1.32. The Morgan fingerprint density at radius 3 is 2.70 bits per heavy atom. The molecule has 0 spiro atoms. The van der Waals surface area contributed by atoms with Crippen LogP contribution >= 0.6 is 0 Å². The Bertz CT molecular complexity index is 805. The molecule has 0 radical (unpaired) electrons. The highest BCUT2D eigenvalue weighted by molar-refractivity contribution is 5.56. The van der Waals surface area contributed by atoms with Gasteiger partial charge in [-0.15, -0.1) is 0 Å². The van der Waals surface area contributed by atoms with Gasteiger partial charge in [-0.05, 0) is 6.92 Å². The molecule has 0 unspecified atom stereocenters. The summed E-state index contributed by atoms with van der Waals surface area (Å²) in [6.07, 6.45) is 0.292. The lowest BCUT2D eigenvalue weighted by molar-refractivity contribution is 0.298. The van der Waals surface area contributed by atoms with E-state index in [4.69, 9.17) is 5.11 Å². The zero-order chi connectivity index (χ0) is 14.1. The first kappa shape index (κ1) is 12.6. The minimum atomic E-state index is -0.212. The Balaban J connectivity index is 2.22. The number of aromatic amines is 1. The van der Waals surface area contributed by atoms with Crippen LogP contribution in [0.15, 0.2) is 35.1 Å². The van der Waals surface area contributed by atoms with Crippen LogP contribution < -0.4 is 5.56 Å². The first-order valence-electron chi connectivity index (χ1n) is 6.35. The normalized spacial score (nSPS) is 11.1. The number of nitrogens with one attached hydrogen (secondary N) is 1. The second-order valence-electron chi connectivity index (χ2n) is 4.53. The van der Waals surface area contributed by atoms with Crippen LogP contribution in [-0.4, -0.2) is 31.3 Å². The quantitative estimate of drug-likeness (QED) is 0.741. The Morgan fingerprint density at radius 2 is 2.00 bits per heavy atom. The molecule has 0 saturated heterocycles. The topological polar surface area (TPSA) is 83.3 Å². The van der Waals surface area contributed by atoms with Gasteiger partial charge in [0.1, 0.15) is 0 Å². The number of hydrogen-bond acceptors (Lipinski definition) is 4. The molecule has 2 heterocycles. The van der Waals surface area contributed by atoms with Gasteiger partial charge in [0.2, 0.25) is 0 Å². The fourth-order valence-electron chi connectivity index (χ4n) is 2.18. The van der Waals surface area contributed by atoms with E-state index >= 15 is 0 Å². The molecule has 102 valence electrons. The van der Waals surface area contributed by atoms with E-state index < -0.39 is 0 Å². The van der Waals surface area contributed by atoms with Crippen LogP contribution in [0.25, 0.3) is 17.2 Å². The summed E-state index contributed by atoms with van der Waals surface area (Å²) in [6.45, 7) is 1.67. The molecule has 3 aromatic rings. The SMILES string of the molecule is Cc1nc2nc(-c3ccccc3)[nH]n2c(=O)c1CCO. The van der Waals surface area contributed by atoms with E-state index in [-0.39, 0.29) is 12.2 Å². The van der Waals surface area contributed by atoms with E-state index in [0.717, 1.165) is 5.56 Å². The highest BCUT2D eigenvalue weighted by Crippen LogP contribution is 2.14. The molecule has 0 aliphatic heterocycles. The predicted molar refractivity (Wildman–Crippen MR) is 74.6 cm³/mol. The van der Waals surface area contributed by atoms with Gasteiger partial charge in [0.25, 0.3) is 11.3 Å². The van der Waals surface area contributed by atoms with Crippen molar-refractivity contribution < 1.29 is 5.11 Å². The molecule has 0 saturated carbocycles. The van der Waals surface area contributed by atoms with Crippen LogP contribution in [0.5, 0.6) is 0 Å². The molecular formula is C14H14N4O2. The summed E-state index contributed by atoms with van der Waals surface area (Å²) in [4.78, 5) is 21.0. The number of benzene rings is 1. The van der Waals surface area contributed by atoms with E-state index in [2.05, 4.69) is 15.1 Å². The van der Waals surface area contributed by atoms with E-state index in [0.29, 0.717) is 29.3 Å². The maximum atomic E-state index is 12.3. The molecule has 2 aromatic heterocycles. The van der Waals surface area contributed by atoms with Crippen molar-refractivity contribution in [2.45, 2.75) is 13.3 Å². The van der Waals surface area contributed by atoms with Crippen LogP contribution in [0.2, 0.25) is 0 Å². The van der Waals surface area contributed by atoms with Gasteiger partial charge in [0.05, 0.1) is 5.69 Å². The molecule has 20 heavy (non-hydrogen) atoms. The summed E-state index contributed by atoms with van der Waals surface area (Å²) in [5.74, 6) is 0.934. The average Bonchev–Trinajstić information content (AvgIpc) is 2.88. The predicted octanol–water partition coefficient (Wildman–Crippen LogP) is 0.928. The van der Waals surface area contributed by atoms with Crippen LogP contribution in [0.3, 0.4) is 0 Å². The number of aliphatic hydroxyl groups is 1. The number of aromatic nitrogens is 4. The molecule has 0 aliphatic rings. The maximum absolute atomic E-state index is 12.3. The fraction of sp³-hybridized carbons (Fsp3) is 0.214. The number of H-pyrrole nitrogens is 1. The van der Waals surface area contributed by atoms with Crippen molar-refractivity contribution in [3.05, 3.63) is 51.9 Å². The summed E-state index contributed by atoms with van der Waals surface area (Å²) >= 11 is 0. The molecule has 6 nitrogen and oxygen atoms in total. The van der Waals surface area contributed by atoms with Gasteiger partial charge in [-0.25, -0.2) is 4.98 Å². The largest absolute Gasteiger partial charge is 0.396 e. The van der Waals surface area contributed by atoms with E-state index in [1.165, 1.54) is 4.52 Å². The lowest BCUT2D eigenvalue weighted by atomic mass is 10.2. The third-order valence-electron chi connectivity index (χ3n) is 3.20. The average molecular weight is 270 g/mol. The van der Waals surface area contributed by atoms with Crippen LogP contribution in [0, 0.1) is 6.92 Å². The van der Waals surface area contributed by atoms with Gasteiger partial charge in [0.15, 0.2) is 5.82 Å². The Kier molecular flexibility index (Phi) is 3.08. The number of aryl methyl sites for hydroxylation is 1. The molecular weight excluding hydrogens is 256 g/mol. The molecule has 0 bridgehead atoms. The van der Waals surface area contributed by atoms with Crippen molar-refractivity contribution in [3.8, 4) is 11.4 Å². The van der Waals surface area contributed by atoms with E-state index in [1.54, 1.807) is 6.92 Å². The van der Waals surface area contributed by atoms with Crippen LogP contribution in [0.1, 0.15) is 11.3 Å². The van der Waals surface area contributed by atoms with Gasteiger partial charge < -0.3 is 5.11 Å². The maximum Gasteiger partial charge on any atom is 0.277 e. The minimum absolute atomic E-state index is 0.0799. The Morgan fingerprint density at radius 1 is 1.25 bits per heavy atom. The zero-order valence-electron chi connectivity index (χ0n) is 11.0. The van der Waals surface area contributed by atoms with Gasteiger partial charge in [-0.2, -0.15) is 9.50 Å². The highest BCUT2D eigenvalue weighted by Gasteiger charge is 2.13. The first-order chi connectivity index (χ1) is 9.70. The molecule has 2 N–H and O–H groups in total. The summed E-state index contributed by atoms with van der Waals surface area (Å²) in [5.41, 5.74) is 1.79. The van der Waals surface area contributed by atoms with Gasteiger partial charge >= 0.3 is 0 Å². The van der Waals surface area contributed by atoms with Crippen LogP contribution in [-0.2, 0) is 6.42 Å². The standard InChI is InChI=1S/C14H14N4O2/c1-9-11(7-8-19)13(20)18-14(15-9)16-12(17-18)10-5-3-2-4-6-10/h2-6,19H,7-8H2,1H3,(H,15,16,17). The van der Waals surface area contributed by atoms with Crippen molar-refractivity contribution in [2.75, 3.05) is 6.61 Å². The molecule has 0 atom stereocenters. The van der Waals surface area contributed by atoms with Gasteiger partial charge in [0, 0.05) is 24.2 Å². The number of hydrogen-bond donors (Lipinski definition) is 2. The van der Waals surface area contributed by atoms with E-state index in [1.807, 2.05) is 30.3 Å². The van der Waals surface area contributed by atoms with E-state index in [9.17, 15) is 4.79 Å². The Hall–Kier alpha value is -2.47. The lowest BCUT2D eigenvalue weighted by Gasteiger charge is -2.01. The summed E-state index contributed by atoms with van der Waals surface area (Å²) in [5, 5.41) is 12.0. The van der Waals surface area contributed by atoms with Crippen LogP contribution in [0.4, 0.5) is 0 Å². The first-order valence-corrected chi connectivity index (χ1v) is 6.35. The third-order valence-corrected chi connectivity index (χ3v) is 3.20. The smallest absolute Gasteiger partial charge is 0.277 e. The second-order valence-corrected chi connectivity index (χ2v) is 4.53. The van der Waals surface area contributed by atoms with Crippen molar-refractivity contribution in [2.24, 2.45) is 0 Å². The number of fused-ring (bicyclic) bond motifs is 1. The Labute approximate surface area is 114 Å². The van der Waals surface area contributed by atoms with Crippen molar-refractivity contribution in [3.63, 3.8) is 0 Å². The molecule has 1 aromatic carbocycles. The fourth-order valence-corrected chi connectivity index (χ4v) is 2.18. The zero-order valence-corrected chi connectivity index (χ0v) is 11.0. The monoisotopic (exact) mass is 270 g/mol. The van der Waals surface area contributed by atoms with Crippen molar-refractivity contribution >= 4 is 5.78 Å². The van der Waals surface area contributed by atoms with Gasteiger partial charge in [-0.3, -0.25) is 9.89 Å². The number of nitrogens with zero attached hydrogens (tertiary/aromatic N) is 3. The number of rotatable bonds is 3. The second kappa shape index (κ2) is 4.90. The lowest BCUT2D eigenvalue weighted by Crippen LogP contribution is -2.22. The molecule has 3 rings (SSSR count). The third kappa shape index (κ3) is 2.00. The molecule has 0 fully saturated rings. The minimum Gasteiger partial charge on any atom is -0.396 e. The molecule has 0 aliphatic carbocycles. The molecule has 6 heteroatoms. The number of aliphatic hydroxyl groups excluding tert-OH is 1. The van der Waals surface area contributed by atoms with Crippen molar-refractivity contribution in [1.82, 2.24) is 19.6 Å². The summed E-state index contributed by atoms with van der Waals surface area (Å²) in [7, 11) is 0. The van der Waals surface area contributed by atoms with Gasteiger partial charge in [-0.1, -0.05) is 30.3 Å². The highest BCUT2D eigenvalue weighted by atomic mass is 16.3.